The Bertz CT molecular complexity index is 1080. The lowest BCUT2D eigenvalue weighted by molar-refractivity contribution is -0.120. The lowest BCUT2D eigenvalue weighted by Crippen LogP contribution is -2.35. The normalized spacial score (nSPS) is 11.0. The summed E-state index contributed by atoms with van der Waals surface area (Å²) in [5.41, 5.74) is 1.27. The van der Waals surface area contributed by atoms with Crippen molar-refractivity contribution in [2.75, 3.05) is 29.4 Å². The van der Waals surface area contributed by atoms with Gasteiger partial charge in [-0.2, -0.15) is 0 Å². The van der Waals surface area contributed by atoms with E-state index in [2.05, 4.69) is 6.58 Å². The zero-order valence-electron chi connectivity index (χ0n) is 16.5. The first-order chi connectivity index (χ1) is 14.4. The van der Waals surface area contributed by atoms with Gasteiger partial charge in [0.1, 0.15) is 9.96 Å². The molecule has 3 rings (SSSR count). The fourth-order valence-electron chi connectivity index (χ4n) is 2.75. The number of benzene rings is 2. The largest absolute Gasteiger partial charge is 0.484 e. The van der Waals surface area contributed by atoms with Gasteiger partial charge < -0.3 is 9.64 Å². The van der Waals surface area contributed by atoms with Crippen molar-refractivity contribution in [3.8, 4) is 5.75 Å². The Morgan fingerprint density at radius 3 is 2.33 bits per heavy atom. The second kappa shape index (κ2) is 9.60. The molecular formula is C22H22N2O4S2. The van der Waals surface area contributed by atoms with Gasteiger partial charge in [-0.25, -0.2) is 8.42 Å². The lowest BCUT2D eigenvalue weighted by atomic mass is 10.2. The van der Waals surface area contributed by atoms with E-state index < -0.39 is 10.0 Å². The molecule has 0 radical (unpaired) electrons. The molecule has 0 fully saturated rings. The van der Waals surface area contributed by atoms with E-state index >= 15 is 0 Å². The summed E-state index contributed by atoms with van der Waals surface area (Å²) in [6.07, 6.45) is 1.66. The molecule has 0 spiro atoms. The standard InChI is InChI=1S/C22H22N2O4S2/c1-3-15-24(19-8-5-4-6-9-19)21(25)17-28-20-13-11-18(12-14-20)23(2)30(26,27)22-10-7-16-29-22/h3-14,16H,1,15,17H2,2H3. The van der Waals surface area contributed by atoms with Crippen LogP contribution in [0.5, 0.6) is 5.75 Å². The molecule has 0 aliphatic heterocycles. The maximum atomic E-state index is 12.6. The van der Waals surface area contributed by atoms with Crippen LogP contribution in [0.3, 0.4) is 0 Å². The number of hydrogen-bond acceptors (Lipinski definition) is 5. The van der Waals surface area contributed by atoms with Gasteiger partial charge in [0.25, 0.3) is 15.9 Å². The average molecular weight is 443 g/mol. The summed E-state index contributed by atoms with van der Waals surface area (Å²) in [6, 6.07) is 19.1. The van der Waals surface area contributed by atoms with Crippen LogP contribution < -0.4 is 13.9 Å². The van der Waals surface area contributed by atoms with Gasteiger partial charge in [0.2, 0.25) is 0 Å². The van der Waals surface area contributed by atoms with E-state index in [1.54, 1.807) is 52.8 Å². The maximum Gasteiger partial charge on any atom is 0.273 e. The third kappa shape index (κ3) is 4.90. The highest BCUT2D eigenvalue weighted by Crippen LogP contribution is 2.26. The van der Waals surface area contributed by atoms with Gasteiger partial charge in [0, 0.05) is 19.3 Å². The Kier molecular flexibility index (Phi) is 6.91. The zero-order chi connectivity index (χ0) is 21.6. The number of nitrogens with zero attached hydrogens (tertiary/aromatic N) is 2. The molecule has 1 aromatic heterocycles. The van der Waals surface area contributed by atoms with Crippen LogP contribution in [0.15, 0.2) is 89.0 Å². The number of rotatable bonds is 9. The summed E-state index contributed by atoms with van der Waals surface area (Å²) in [6.45, 7) is 3.93. The van der Waals surface area contributed by atoms with Crippen molar-refractivity contribution in [1.29, 1.82) is 0 Å². The van der Waals surface area contributed by atoms with Gasteiger partial charge in [0.05, 0.1) is 5.69 Å². The smallest absolute Gasteiger partial charge is 0.273 e. The summed E-state index contributed by atoms with van der Waals surface area (Å²) < 4.78 is 32.3. The average Bonchev–Trinajstić information content (AvgIpc) is 3.32. The number of hydrogen-bond donors (Lipinski definition) is 0. The number of carbonyl (C=O) groups excluding carboxylic acids is 1. The van der Waals surface area contributed by atoms with Crippen molar-refractivity contribution >= 4 is 38.6 Å². The molecule has 30 heavy (non-hydrogen) atoms. The summed E-state index contributed by atoms with van der Waals surface area (Å²) in [5.74, 6) is 0.267. The molecule has 0 atom stereocenters. The molecule has 0 N–H and O–H groups in total. The van der Waals surface area contributed by atoms with Crippen molar-refractivity contribution in [2.24, 2.45) is 0 Å². The molecule has 0 aliphatic rings. The van der Waals surface area contributed by atoms with Crippen molar-refractivity contribution < 1.29 is 17.9 Å². The van der Waals surface area contributed by atoms with Crippen LogP contribution in [-0.4, -0.2) is 34.5 Å². The molecule has 156 valence electrons. The number of anilines is 2. The number of carbonyl (C=O) groups is 1. The van der Waals surface area contributed by atoms with E-state index in [4.69, 9.17) is 4.74 Å². The molecule has 3 aromatic rings. The highest BCUT2D eigenvalue weighted by atomic mass is 32.2. The molecule has 0 bridgehead atoms. The highest BCUT2D eigenvalue weighted by molar-refractivity contribution is 7.94. The minimum absolute atomic E-state index is 0.147. The quantitative estimate of drug-likeness (QED) is 0.467. The number of amides is 1. The van der Waals surface area contributed by atoms with Crippen molar-refractivity contribution in [2.45, 2.75) is 4.21 Å². The third-order valence-corrected chi connectivity index (χ3v) is 7.51. The third-order valence-electron chi connectivity index (χ3n) is 4.35. The van der Waals surface area contributed by atoms with Gasteiger partial charge in [0.15, 0.2) is 6.61 Å². The van der Waals surface area contributed by atoms with Crippen LogP contribution in [0, 0.1) is 0 Å². The first-order valence-corrected chi connectivity index (χ1v) is 11.5. The van der Waals surface area contributed by atoms with Gasteiger partial charge >= 0.3 is 0 Å². The molecule has 0 unspecified atom stereocenters. The second-order valence-electron chi connectivity index (χ2n) is 6.32. The summed E-state index contributed by atoms with van der Waals surface area (Å²) in [5, 5.41) is 1.72. The molecule has 8 heteroatoms. The van der Waals surface area contributed by atoms with E-state index in [0.29, 0.717) is 18.0 Å². The van der Waals surface area contributed by atoms with Crippen LogP contribution in [0.1, 0.15) is 0 Å². The topological polar surface area (TPSA) is 66.9 Å². The number of thiophene rings is 1. The van der Waals surface area contributed by atoms with Gasteiger partial charge in [-0.3, -0.25) is 9.10 Å². The van der Waals surface area contributed by atoms with Crippen LogP contribution >= 0.6 is 11.3 Å². The summed E-state index contributed by atoms with van der Waals surface area (Å²) >= 11 is 1.17. The minimum Gasteiger partial charge on any atom is -0.484 e. The van der Waals surface area contributed by atoms with Gasteiger partial charge in [-0.1, -0.05) is 30.3 Å². The first-order valence-electron chi connectivity index (χ1n) is 9.15. The summed E-state index contributed by atoms with van der Waals surface area (Å²) in [7, 11) is -2.09. The van der Waals surface area contributed by atoms with Crippen molar-refractivity contribution in [1.82, 2.24) is 0 Å². The molecular weight excluding hydrogens is 420 g/mol. The van der Waals surface area contributed by atoms with Crippen LogP contribution in [0.2, 0.25) is 0 Å². The van der Waals surface area contributed by atoms with Gasteiger partial charge in [-0.05, 0) is 47.8 Å². The molecule has 1 heterocycles. The molecule has 1 amide bonds. The number of ether oxygens (including phenoxy) is 1. The van der Waals surface area contributed by atoms with E-state index in [1.165, 1.54) is 22.7 Å². The van der Waals surface area contributed by atoms with E-state index in [1.807, 2.05) is 30.3 Å². The fourth-order valence-corrected chi connectivity index (χ4v) is 5.10. The SMILES string of the molecule is C=CCN(C(=O)COc1ccc(N(C)S(=O)(=O)c2cccs2)cc1)c1ccccc1. The Hall–Kier alpha value is -3.10. The Morgan fingerprint density at radius 2 is 1.73 bits per heavy atom. The van der Waals surface area contributed by atoms with E-state index in [0.717, 1.165) is 5.69 Å². The molecule has 0 saturated heterocycles. The van der Waals surface area contributed by atoms with Gasteiger partial charge in [-0.15, -0.1) is 17.9 Å². The predicted octanol–water partition coefficient (Wildman–Crippen LogP) is 4.17. The fraction of sp³-hybridized carbons (Fsp3) is 0.136. The molecule has 6 nitrogen and oxygen atoms in total. The Morgan fingerprint density at radius 1 is 1.03 bits per heavy atom. The van der Waals surface area contributed by atoms with Crippen LogP contribution in [0.4, 0.5) is 11.4 Å². The monoisotopic (exact) mass is 442 g/mol. The number of sulfonamides is 1. The predicted molar refractivity (Wildman–Crippen MR) is 121 cm³/mol. The van der Waals surface area contributed by atoms with E-state index in [-0.39, 0.29) is 16.7 Å². The Balaban J connectivity index is 1.65. The molecule has 2 aromatic carbocycles. The lowest BCUT2D eigenvalue weighted by Gasteiger charge is -2.21. The zero-order valence-corrected chi connectivity index (χ0v) is 18.1. The van der Waals surface area contributed by atoms with Crippen molar-refractivity contribution in [3.05, 3.63) is 84.8 Å². The second-order valence-corrected chi connectivity index (χ2v) is 9.46. The summed E-state index contributed by atoms with van der Waals surface area (Å²) in [4.78, 5) is 14.2. The minimum atomic E-state index is -3.59. The maximum absolute atomic E-state index is 12.6. The van der Waals surface area contributed by atoms with Crippen LogP contribution in [0.25, 0.3) is 0 Å². The highest BCUT2D eigenvalue weighted by Gasteiger charge is 2.22. The number of para-hydroxylation sites is 1. The Labute approximate surface area is 180 Å². The van der Waals surface area contributed by atoms with E-state index in [9.17, 15) is 13.2 Å². The van der Waals surface area contributed by atoms with Crippen molar-refractivity contribution in [3.63, 3.8) is 0 Å². The first kappa shape index (κ1) is 21.6. The molecule has 0 aliphatic carbocycles. The van der Waals surface area contributed by atoms with Crippen LogP contribution in [-0.2, 0) is 14.8 Å². The molecule has 0 saturated carbocycles.